The van der Waals surface area contributed by atoms with Crippen molar-refractivity contribution < 1.29 is 58.8 Å². The summed E-state index contributed by atoms with van der Waals surface area (Å²) in [7, 11) is -13.3. The SMILES string of the molecule is C.O=O.O=[P+]([O-])P(OO)(OO)([P+](=O)[O-])[P+](=O)[O-].OO. The molecule has 4 N–H and O–H groups in total. The van der Waals surface area contributed by atoms with Crippen LogP contribution in [-0.2, 0) is 23.0 Å². The van der Waals surface area contributed by atoms with Crippen LogP contribution in [0.1, 0.15) is 7.43 Å². The summed E-state index contributed by atoms with van der Waals surface area (Å²) in [6, 6.07) is 0. The molecule has 14 nitrogen and oxygen atoms in total. The van der Waals surface area contributed by atoms with Crippen molar-refractivity contribution in [3.05, 3.63) is 9.93 Å². The molecule has 0 heterocycles. The summed E-state index contributed by atoms with van der Waals surface area (Å²) in [5, 5.41) is 28.1. The Bertz CT molecular complexity index is 264. The average molecular weight is 368 g/mol. The molecule has 0 saturated heterocycles. The Balaban J connectivity index is -0.000000204. The zero-order valence-corrected chi connectivity index (χ0v) is 11.2. The summed E-state index contributed by atoms with van der Waals surface area (Å²) in [5.74, 6) is 0. The molecule has 0 rings (SSSR count). The van der Waals surface area contributed by atoms with E-state index in [1.165, 1.54) is 0 Å². The fourth-order valence-electron chi connectivity index (χ4n) is 0.373. The molecule has 0 spiro atoms. The van der Waals surface area contributed by atoms with Crippen LogP contribution < -0.4 is 14.7 Å². The minimum Gasteiger partial charge on any atom is -0.255 e. The maximum absolute atomic E-state index is 10.4. The minimum absolute atomic E-state index is 0. The van der Waals surface area contributed by atoms with Crippen molar-refractivity contribution in [2.75, 3.05) is 0 Å². The van der Waals surface area contributed by atoms with Crippen molar-refractivity contribution in [2.45, 2.75) is 7.43 Å². The monoisotopic (exact) mass is 368 g/mol. The van der Waals surface area contributed by atoms with Gasteiger partial charge in [0.05, 0.1) is 0 Å². The quantitative estimate of drug-likeness (QED) is 0.285. The Hall–Kier alpha value is -0.0300. The van der Waals surface area contributed by atoms with Crippen molar-refractivity contribution in [3.63, 3.8) is 0 Å². The molecule has 0 aliphatic rings. The van der Waals surface area contributed by atoms with Gasteiger partial charge in [0.1, 0.15) is 0 Å². The van der Waals surface area contributed by atoms with E-state index in [1.54, 1.807) is 0 Å². The Labute approximate surface area is 106 Å². The molecule has 0 amide bonds. The molecule has 116 valence electrons. The molecule has 3 unspecified atom stereocenters. The molecule has 0 bridgehead atoms. The molecule has 0 aliphatic heterocycles. The summed E-state index contributed by atoms with van der Waals surface area (Å²) in [4.78, 5) is 45.3. The topological polar surface area (TPSA) is 254 Å². The van der Waals surface area contributed by atoms with Gasteiger partial charge in [0.2, 0.25) is 0 Å². The minimum atomic E-state index is -6.53. The van der Waals surface area contributed by atoms with E-state index in [0.717, 1.165) is 0 Å². The van der Waals surface area contributed by atoms with E-state index in [9.17, 15) is 28.4 Å². The van der Waals surface area contributed by atoms with E-state index in [2.05, 4.69) is 9.35 Å². The second kappa shape index (κ2) is 11.8. The van der Waals surface area contributed by atoms with E-state index in [-0.39, 0.29) is 7.43 Å². The summed E-state index contributed by atoms with van der Waals surface area (Å²) in [5.41, 5.74) is 0. The molecular formula is CH8O14P4. The Morgan fingerprint density at radius 1 is 0.789 bits per heavy atom. The van der Waals surface area contributed by atoms with Crippen LogP contribution >= 0.6 is 29.3 Å². The van der Waals surface area contributed by atoms with Crippen LogP contribution in [0, 0.1) is 9.93 Å². The first kappa shape index (κ1) is 27.3. The molecule has 3 atom stereocenters. The first-order valence-electron chi connectivity index (χ1n) is 2.79. The average Bonchev–Trinajstić information content (AvgIpc) is 2.36. The van der Waals surface area contributed by atoms with Crippen molar-refractivity contribution >= 4 is 29.3 Å². The molecule has 0 radical (unpaired) electrons. The summed E-state index contributed by atoms with van der Waals surface area (Å²) >= 11 is 0. The predicted octanol–water partition coefficient (Wildman–Crippen LogP) is 0.122. The predicted molar refractivity (Wildman–Crippen MR) is 55.9 cm³/mol. The Kier molecular flexibility index (Phi) is 16.9. The number of hydrogen-bond acceptors (Lipinski definition) is 14. The maximum Gasteiger partial charge on any atom is -0.255 e. The maximum atomic E-state index is 10.4. The van der Waals surface area contributed by atoms with Crippen LogP contribution in [0.15, 0.2) is 0 Å². The largest absolute Gasteiger partial charge is 0.255 e. The van der Waals surface area contributed by atoms with Gasteiger partial charge in [-0.15, -0.1) is 0 Å². The zero-order valence-electron chi connectivity index (χ0n) is 7.66. The van der Waals surface area contributed by atoms with E-state index in [0.29, 0.717) is 0 Å². The molecule has 0 saturated carbocycles. The summed E-state index contributed by atoms with van der Waals surface area (Å²) in [6.07, 6.45) is -6.53. The van der Waals surface area contributed by atoms with E-state index < -0.39 is 29.3 Å². The second-order valence-electron chi connectivity index (χ2n) is 1.71. The zero-order chi connectivity index (χ0) is 15.6. The number of hydrogen-bond donors (Lipinski definition) is 4. The Morgan fingerprint density at radius 3 is 0.947 bits per heavy atom. The van der Waals surface area contributed by atoms with Gasteiger partial charge in [0.15, 0.2) is 0 Å². The smallest absolute Gasteiger partial charge is 0.255 e. The number of rotatable bonds is 5. The van der Waals surface area contributed by atoms with Crippen LogP contribution in [0.5, 0.6) is 0 Å². The van der Waals surface area contributed by atoms with Crippen LogP contribution in [0.2, 0.25) is 0 Å². The third-order valence-corrected chi connectivity index (χ3v) is 17.6. The van der Waals surface area contributed by atoms with Gasteiger partial charge >= 0.3 is 77.5 Å². The fourth-order valence-corrected chi connectivity index (χ4v) is 6.48. The molecule has 0 aliphatic carbocycles. The first-order chi connectivity index (χ1) is 8.29. The fraction of sp³-hybridized carbons (Fsp3) is 1.00. The summed E-state index contributed by atoms with van der Waals surface area (Å²) in [6.45, 7) is 0. The van der Waals surface area contributed by atoms with E-state index >= 15 is 0 Å². The van der Waals surface area contributed by atoms with Gasteiger partial charge in [0.25, 0.3) is 0 Å². The molecular weight excluding hydrogens is 360 g/mol. The van der Waals surface area contributed by atoms with Gasteiger partial charge in [-0.2, -0.15) is 0 Å². The molecule has 19 heavy (non-hydrogen) atoms. The van der Waals surface area contributed by atoms with Gasteiger partial charge in [-0.3, -0.25) is 10.5 Å². The van der Waals surface area contributed by atoms with Gasteiger partial charge in [-0.1, -0.05) is 7.43 Å². The Morgan fingerprint density at radius 2 is 0.947 bits per heavy atom. The van der Waals surface area contributed by atoms with Crippen LogP contribution in [0.3, 0.4) is 0 Å². The van der Waals surface area contributed by atoms with Gasteiger partial charge < -0.3 is 0 Å². The second-order valence-corrected chi connectivity index (χ2v) is 17.4. The standard InChI is InChI=1S/CH4.H2O10P4.H2O2.O2/c;1-9-14(10-2,11(3)4,12(5)6)13(7)8;2*1-2/h1H4;1-2H;1-2H;. The summed E-state index contributed by atoms with van der Waals surface area (Å²) < 4.78 is 37.2. The van der Waals surface area contributed by atoms with Crippen molar-refractivity contribution in [2.24, 2.45) is 0 Å². The van der Waals surface area contributed by atoms with Crippen molar-refractivity contribution in [3.8, 4) is 0 Å². The normalized spacial score (nSPS) is 13.8. The van der Waals surface area contributed by atoms with E-state index in [1.807, 2.05) is 0 Å². The van der Waals surface area contributed by atoms with Gasteiger partial charge in [-0.25, -0.2) is 0 Å². The molecule has 0 aromatic heterocycles. The van der Waals surface area contributed by atoms with E-state index in [4.69, 9.17) is 31.0 Å². The first-order valence-corrected chi connectivity index (χ1v) is 10.5. The van der Waals surface area contributed by atoms with Crippen LogP contribution in [0.4, 0.5) is 0 Å². The third kappa shape index (κ3) is 4.48. The van der Waals surface area contributed by atoms with Gasteiger partial charge in [0, 0.05) is 9.93 Å². The molecule has 0 aromatic rings. The van der Waals surface area contributed by atoms with Crippen molar-refractivity contribution in [1.82, 2.24) is 0 Å². The van der Waals surface area contributed by atoms with Crippen LogP contribution in [-0.4, -0.2) is 21.0 Å². The van der Waals surface area contributed by atoms with Crippen molar-refractivity contribution in [1.29, 1.82) is 0 Å². The van der Waals surface area contributed by atoms with Crippen LogP contribution in [0.25, 0.3) is 0 Å². The van der Waals surface area contributed by atoms with Gasteiger partial charge in [-0.05, 0) is 0 Å². The molecule has 0 aromatic carbocycles. The molecule has 18 heteroatoms. The third-order valence-electron chi connectivity index (χ3n) is 1.12. The molecule has 0 fully saturated rings.